The highest BCUT2D eigenvalue weighted by Crippen LogP contribution is 2.15. The van der Waals surface area contributed by atoms with Crippen LogP contribution in [0.1, 0.15) is 25.0 Å². The van der Waals surface area contributed by atoms with E-state index in [0.29, 0.717) is 5.69 Å². The number of carbonyl (C=O) groups is 1. The lowest BCUT2D eigenvalue weighted by molar-refractivity contribution is -0.118. The van der Waals surface area contributed by atoms with Crippen molar-refractivity contribution >= 4 is 24.0 Å². The molecular formula is C17H23ClN4O2. The van der Waals surface area contributed by atoms with Crippen molar-refractivity contribution in [3.8, 4) is 5.69 Å². The number of nitrogens with one attached hydrogen (secondary N) is 2. The molecule has 1 saturated heterocycles. The fourth-order valence-electron chi connectivity index (χ4n) is 3.00. The van der Waals surface area contributed by atoms with Crippen LogP contribution in [-0.2, 0) is 11.8 Å². The molecule has 1 aliphatic heterocycles. The lowest BCUT2D eigenvalue weighted by atomic mass is 10.0. The molecule has 0 radical (unpaired) electrons. The minimum Gasteiger partial charge on any atom is -0.319 e. The Morgan fingerprint density at radius 1 is 1.25 bits per heavy atom. The van der Waals surface area contributed by atoms with Crippen molar-refractivity contribution in [3.05, 3.63) is 46.4 Å². The van der Waals surface area contributed by atoms with Crippen LogP contribution >= 0.6 is 12.4 Å². The molecule has 2 heterocycles. The normalized spacial score (nSPS) is 17.2. The molecule has 0 aliphatic carbocycles. The Labute approximate surface area is 147 Å². The van der Waals surface area contributed by atoms with Gasteiger partial charge >= 0.3 is 0 Å². The first-order valence-corrected chi connectivity index (χ1v) is 7.98. The van der Waals surface area contributed by atoms with E-state index in [-0.39, 0.29) is 29.9 Å². The second kappa shape index (κ2) is 7.68. The molecule has 7 heteroatoms. The van der Waals surface area contributed by atoms with Crippen molar-refractivity contribution < 1.29 is 4.79 Å². The summed E-state index contributed by atoms with van der Waals surface area (Å²) in [5.41, 5.74) is 1.66. The number of rotatable bonds is 3. The Balaban J connectivity index is 0.00000208. The van der Waals surface area contributed by atoms with E-state index >= 15 is 0 Å². The highest BCUT2D eigenvalue weighted by Gasteiger charge is 2.24. The van der Waals surface area contributed by atoms with E-state index in [1.807, 2.05) is 44.3 Å². The molecule has 130 valence electrons. The van der Waals surface area contributed by atoms with Gasteiger partial charge < -0.3 is 10.6 Å². The van der Waals surface area contributed by atoms with E-state index in [1.54, 1.807) is 9.36 Å². The number of anilines is 1. The lowest BCUT2D eigenvalue weighted by Crippen LogP contribution is -2.44. The largest absolute Gasteiger partial charge is 0.319 e. The minimum absolute atomic E-state index is 0. The number of benzene rings is 1. The second-order valence-corrected chi connectivity index (χ2v) is 5.93. The van der Waals surface area contributed by atoms with Crippen molar-refractivity contribution in [2.45, 2.75) is 32.2 Å². The SMILES string of the molecule is Cc1c(NC(=O)[C@H]2CCCCN2)c(=O)n(-c2ccccc2)n1C.Cl. The van der Waals surface area contributed by atoms with Crippen LogP contribution in [0.15, 0.2) is 35.1 Å². The number of aromatic nitrogens is 2. The third-order valence-electron chi connectivity index (χ3n) is 4.43. The van der Waals surface area contributed by atoms with Crippen LogP contribution in [0.2, 0.25) is 0 Å². The maximum atomic E-state index is 12.7. The van der Waals surface area contributed by atoms with Crippen LogP contribution in [0, 0.1) is 6.92 Å². The quantitative estimate of drug-likeness (QED) is 0.889. The lowest BCUT2D eigenvalue weighted by Gasteiger charge is -2.22. The van der Waals surface area contributed by atoms with Crippen molar-refractivity contribution in [2.24, 2.45) is 7.05 Å². The number of piperidine rings is 1. The number of carbonyl (C=O) groups excluding carboxylic acids is 1. The zero-order valence-corrected chi connectivity index (χ0v) is 14.7. The smallest absolute Gasteiger partial charge is 0.295 e. The molecule has 0 saturated carbocycles. The van der Waals surface area contributed by atoms with E-state index in [9.17, 15) is 9.59 Å². The summed E-state index contributed by atoms with van der Waals surface area (Å²) in [6, 6.07) is 9.20. The monoisotopic (exact) mass is 350 g/mol. The highest BCUT2D eigenvalue weighted by molar-refractivity contribution is 5.95. The minimum atomic E-state index is -0.215. The summed E-state index contributed by atoms with van der Waals surface area (Å²) in [5, 5.41) is 6.03. The molecule has 0 bridgehead atoms. The predicted octanol–water partition coefficient (Wildman–Crippen LogP) is 1.99. The van der Waals surface area contributed by atoms with Crippen LogP contribution < -0.4 is 16.2 Å². The zero-order chi connectivity index (χ0) is 16.4. The maximum absolute atomic E-state index is 12.7. The predicted molar refractivity (Wildman–Crippen MR) is 97.3 cm³/mol. The Bertz CT molecular complexity index is 761. The third-order valence-corrected chi connectivity index (χ3v) is 4.43. The average Bonchev–Trinajstić information content (AvgIpc) is 2.80. The van der Waals surface area contributed by atoms with Crippen LogP contribution in [-0.4, -0.2) is 27.9 Å². The van der Waals surface area contributed by atoms with Gasteiger partial charge in [-0.25, -0.2) is 4.68 Å². The summed E-state index contributed by atoms with van der Waals surface area (Å²) in [5.74, 6) is -0.129. The average molecular weight is 351 g/mol. The van der Waals surface area contributed by atoms with Gasteiger partial charge in [0, 0.05) is 7.05 Å². The van der Waals surface area contributed by atoms with Gasteiger partial charge in [-0.15, -0.1) is 12.4 Å². The van der Waals surface area contributed by atoms with Crippen molar-refractivity contribution in [3.63, 3.8) is 0 Å². The molecule has 0 spiro atoms. The number of para-hydroxylation sites is 1. The fraction of sp³-hybridized carbons (Fsp3) is 0.412. The van der Waals surface area contributed by atoms with E-state index in [1.165, 1.54) is 0 Å². The Kier molecular flexibility index (Phi) is 5.85. The summed E-state index contributed by atoms with van der Waals surface area (Å²) in [7, 11) is 1.82. The Hall–Kier alpha value is -2.05. The molecule has 1 aliphatic rings. The van der Waals surface area contributed by atoms with Gasteiger partial charge in [0.25, 0.3) is 5.56 Å². The number of nitrogens with zero attached hydrogens (tertiary/aromatic N) is 2. The van der Waals surface area contributed by atoms with E-state index < -0.39 is 0 Å². The molecule has 1 fully saturated rings. The molecular weight excluding hydrogens is 328 g/mol. The van der Waals surface area contributed by atoms with Crippen LogP contribution in [0.3, 0.4) is 0 Å². The number of hydrogen-bond acceptors (Lipinski definition) is 3. The van der Waals surface area contributed by atoms with Gasteiger partial charge in [-0.2, -0.15) is 0 Å². The molecule has 1 amide bonds. The molecule has 2 aromatic rings. The molecule has 24 heavy (non-hydrogen) atoms. The van der Waals surface area contributed by atoms with Crippen molar-refractivity contribution in [1.82, 2.24) is 14.7 Å². The van der Waals surface area contributed by atoms with Gasteiger partial charge in [-0.05, 0) is 38.4 Å². The number of hydrogen-bond donors (Lipinski definition) is 2. The van der Waals surface area contributed by atoms with Gasteiger partial charge in [-0.3, -0.25) is 14.3 Å². The highest BCUT2D eigenvalue weighted by atomic mass is 35.5. The molecule has 1 aromatic carbocycles. The molecule has 3 rings (SSSR count). The summed E-state index contributed by atoms with van der Waals surface area (Å²) in [6.45, 7) is 2.69. The molecule has 0 unspecified atom stereocenters. The van der Waals surface area contributed by atoms with Crippen molar-refractivity contribution in [2.75, 3.05) is 11.9 Å². The van der Waals surface area contributed by atoms with Gasteiger partial charge in [-0.1, -0.05) is 24.6 Å². The van der Waals surface area contributed by atoms with Gasteiger partial charge in [0.15, 0.2) is 0 Å². The standard InChI is InChI=1S/C17H22N4O2.ClH/c1-12-15(19-16(22)14-10-6-7-11-18-14)17(23)21(20(12)2)13-8-4-3-5-9-13;/h3-5,8-9,14,18H,6-7,10-11H2,1-2H3,(H,19,22);1H/t14-;/m1./s1. The summed E-state index contributed by atoms with van der Waals surface area (Å²) < 4.78 is 3.33. The second-order valence-electron chi connectivity index (χ2n) is 5.93. The van der Waals surface area contributed by atoms with E-state index in [2.05, 4.69) is 10.6 Å². The first-order chi connectivity index (χ1) is 11.1. The summed E-state index contributed by atoms with van der Waals surface area (Å²) in [4.78, 5) is 25.1. The molecule has 1 aromatic heterocycles. The van der Waals surface area contributed by atoms with Crippen molar-refractivity contribution in [1.29, 1.82) is 0 Å². The maximum Gasteiger partial charge on any atom is 0.295 e. The first-order valence-electron chi connectivity index (χ1n) is 7.98. The Morgan fingerprint density at radius 3 is 2.58 bits per heavy atom. The van der Waals surface area contributed by atoms with Gasteiger partial charge in [0.1, 0.15) is 5.69 Å². The zero-order valence-electron chi connectivity index (χ0n) is 13.9. The number of halogens is 1. The summed E-state index contributed by atoms with van der Waals surface area (Å²) in [6.07, 6.45) is 2.94. The van der Waals surface area contributed by atoms with Crippen LogP contribution in [0.5, 0.6) is 0 Å². The molecule has 6 nitrogen and oxygen atoms in total. The summed E-state index contributed by atoms with van der Waals surface area (Å²) >= 11 is 0. The van der Waals surface area contributed by atoms with Gasteiger partial charge in [0.05, 0.1) is 17.4 Å². The first kappa shape index (κ1) is 18.3. The third kappa shape index (κ3) is 3.39. The molecule has 1 atom stereocenters. The van der Waals surface area contributed by atoms with Gasteiger partial charge in [0.2, 0.25) is 5.91 Å². The van der Waals surface area contributed by atoms with E-state index in [4.69, 9.17) is 0 Å². The molecule has 2 N–H and O–H groups in total. The van der Waals surface area contributed by atoms with Crippen LogP contribution in [0.25, 0.3) is 5.69 Å². The fourth-order valence-corrected chi connectivity index (χ4v) is 3.00. The van der Waals surface area contributed by atoms with E-state index in [0.717, 1.165) is 37.2 Å². The number of amides is 1. The topological polar surface area (TPSA) is 68.1 Å². The Morgan fingerprint density at radius 2 is 1.96 bits per heavy atom. The van der Waals surface area contributed by atoms with Crippen LogP contribution in [0.4, 0.5) is 5.69 Å².